The smallest absolute Gasteiger partial charge is 0.341 e. The van der Waals surface area contributed by atoms with Gasteiger partial charge in [-0.05, 0) is 49.4 Å². The summed E-state index contributed by atoms with van der Waals surface area (Å²) >= 11 is 2.48. The lowest BCUT2D eigenvalue weighted by atomic mass is 9.95. The Labute approximate surface area is 215 Å². The van der Waals surface area contributed by atoms with E-state index in [1.54, 1.807) is 30.9 Å². The standard InChI is InChI=1S/C23H25N3O7S3/c1-26-15-9-8-13(32-2)10-17(15)35-23(26)25-19(28)12-36(30,31)11-18(27)24-21-20(22(29)33-3)14-6-4-5-7-16(14)34-21/h8-10H,4-7,11-12H2,1-3H3,(H,24,27). The van der Waals surface area contributed by atoms with E-state index in [2.05, 4.69) is 10.3 Å². The molecule has 10 nitrogen and oxygen atoms in total. The van der Waals surface area contributed by atoms with Crippen LogP contribution in [0.3, 0.4) is 0 Å². The quantitative estimate of drug-likeness (QED) is 0.446. The van der Waals surface area contributed by atoms with E-state index in [1.165, 1.54) is 29.8 Å². The first-order valence-corrected chi connectivity index (χ1v) is 14.5. The third-order valence-electron chi connectivity index (χ3n) is 5.75. The number of hydrogen-bond donors (Lipinski definition) is 1. The molecule has 1 N–H and O–H groups in total. The molecule has 0 aliphatic heterocycles. The molecule has 1 aliphatic carbocycles. The number of fused-ring (bicyclic) bond motifs is 2. The Morgan fingerprint density at radius 2 is 1.86 bits per heavy atom. The molecule has 4 rings (SSSR count). The zero-order valence-electron chi connectivity index (χ0n) is 20.0. The molecule has 0 radical (unpaired) electrons. The monoisotopic (exact) mass is 551 g/mol. The Balaban J connectivity index is 1.48. The maximum atomic E-state index is 12.6. The highest BCUT2D eigenvalue weighted by Crippen LogP contribution is 2.38. The zero-order valence-corrected chi connectivity index (χ0v) is 22.4. The van der Waals surface area contributed by atoms with Gasteiger partial charge in [-0.1, -0.05) is 11.3 Å². The first-order chi connectivity index (χ1) is 17.1. The summed E-state index contributed by atoms with van der Waals surface area (Å²) < 4.78 is 37.8. The summed E-state index contributed by atoms with van der Waals surface area (Å²) in [5.74, 6) is -3.45. The average molecular weight is 552 g/mol. The molecule has 1 aromatic carbocycles. The van der Waals surface area contributed by atoms with Crippen molar-refractivity contribution in [1.29, 1.82) is 0 Å². The van der Waals surface area contributed by atoms with Crippen LogP contribution >= 0.6 is 22.7 Å². The van der Waals surface area contributed by atoms with E-state index in [-0.39, 0.29) is 10.6 Å². The van der Waals surface area contributed by atoms with E-state index in [9.17, 15) is 22.8 Å². The number of nitrogens with zero attached hydrogens (tertiary/aromatic N) is 2. The van der Waals surface area contributed by atoms with Crippen LogP contribution in [0.15, 0.2) is 23.2 Å². The number of thiophene rings is 1. The van der Waals surface area contributed by atoms with Crippen LogP contribution < -0.4 is 14.9 Å². The summed E-state index contributed by atoms with van der Waals surface area (Å²) in [6.45, 7) is 0. The van der Waals surface area contributed by atoms with Gasteiger partial charge in [-0.15, -0.1) is 11.3 Å². The van der Waals surface area contributed by atoms with Crippen molar-refractivity contribution in [2.45, 2.75) is 25.7 Å². The number of sulfone groups is 1. The fourth-order valence-corrected chi connectivity index (χ4v) is 7.43. The Morgan fingerprint density at radius 1 is 1.11 bits per heavy atom. The minimum Gasteiger partial charge on any atom is -0.497 e. The van der Waals surface area contributed by atoms with Gasteiger partial charge in [0, 0.05) is 11.9 Å². The molecule has 2 heterocycles. The highest BCUT2D eigenvalue weighted by molar-refractivity contribution is 7.92. The van der Waals surface area contributed by atoms with Crippen molar-refractivity contribution in [2.75, 3.05) is 31.0 Å². The normalized spacial score (nSPS) is 13.9. The molecule has 192 valence electrons. The number of aryl methyl sites for hydroxylation is 2. The SMILES string of the molecule is COC(=O)c1c(NC(=O)CS(=O)(=O)CC(=O)N=c2sc3cc(OC)ccc3n2C)sc2c1CCCC2. The molecule has 0 saturated carbocycles. The molecule has 0 saturated heterocycles. The highest BCUT2D eigenvalue weighted by atomic mass is 32.2. The van der Waals surface area contributed by atoms with Crippen LogP contribution in [-0.4, -0.2) is 56.5 Å². The average Bonchev–Trinajstić information content (AvgIpc) is 3.33. The number of methoxy groups -OCH3 is 2. The maximum Gasteiger partial charge on any atom is 0.341 e. The van der Waals surface area contributed by atoms with Crippen LogP contribution in [-0.2, 0) is 44.1 Å². The van der Waals surface area contributed by atoms with Crippen molar-refractivity contribution in [3.05, 3.63) is 39.0 Å². The predicted octanol–water partition coefficient (Wildman–Crippen LogP) is 2.46. The van der Waals surface area contributed by atoms with E-state index in [1.807, 2.05) is 6.07 Å². The van der Waals surface area contributed by atoms with Crippen molar-refractivity contribution in [3.8, 4) is 5.75 Å². The molecule has 3 aromatic rings. The molecule has 2 amide bonds. The van der Waals surface area contributed by atoms with Gasteiger partial charge in [-0.2, -0.15) is 4.99 Å². The van der Waals surface area contributed by atoms with E-state index >= 15 is 0 Å². The summed E-state index contributed by atoms with van der Waals surface area (Å²) in [4.78, 5) is 42.7. The third kappa shape index (κ3) is 5.52. The molecule has 13 heteroatoms. The molecule has 0 spiro atoms. The molecule has 36 heavy (non-hydrogen) atoms. The first kappa shape index (κ1) is 26.0. The fraction of sp³-hybridized carbons (Fsp3) is 0.391. The van der Waals surface area contributed by atoms with Crippen molar-refractivity contribution < 1.29 is 32.3 Å². The summed E-state index contributed by atoms with van der Waals surface area (Å²) in [5.41, 5.74) is 1.94. The van der Waals surface area contributed by atoms with Crippen LogP contribution in [0.1, 0.15) is 33.6 Å². The summed E-state index contributed by atoms with van der Waals surface area (Å²) in [5, 5.41) is 2.82. The van der Waals surface area contributed by atoms with Crippen LogP contribution in [0.25, 0.3) is 10.2 Å². The van der Waals surface area contributed by atoms with Crippen molar-refractivity contribution in [2.24, 2.45) is 12.0 Å². The van der Waals surface area contributed by atoms with Gasteiger partial charge in [0.15, 0.2) is 14.6 Å². The summed E-state index contributed by atoms with van der Waals surface area (Å²) in [6, 6.07) is 5.40. The predicted molar refractivity (Wildman–Crippen MR) is 138 cm³/mol. The molecular weight excluding hydrogens is 526 g/mol. The Kier molecular flexibility index (Phi) is 7.62. The zero-order chi connectivity index (χ0) is 26.0. The fourth-order valence-electron chi connectivity index (χ4n) is 4.06. The molecule has 0 atom stereocenters. The number of thiazole rings is 1. The van der Waals surface area contributed by atoms with Gasteiger partial charge in [0.05, 0.1) is 30.0 Å². The number of ether oxygens (including phenoxy) is 2. The molecule has 0 fully saturated rings. The number of carbonyl (C=O) groups excluding carboxylic acids is 3. The van der Waals surface area contributed by atoms with Crippen molar-refractivity contribution in [1.82, 2.24) is 4.57 Å². The van der Waals surface area contributed by atoms with Crippen LogP contribution in [0.2, 0.25) is 0 Å². The van der Waals surface area contributed by atoms with Gasteiger partial charge >= 0.3 is 5.97 Å². The van der Waals surface area contributed by atoms with Crippen LogP contribution in [0.4, 0.5) is 5.00 Å². The summed E-state index contributed by atoms with van der Waals surface area (Å²) in [7, 11) is 0.422. The molecule has 2 aromatic heterocycles. The van der Waals surface area contributed by atoms with Gasteiger partial charge in [-0.3, -0.25) is 9.59 Å². The van der Waals surface area contributed by atoms with Gasteiger partial charge in [0.2, 0.25) is 5.91 Å². The second-order valence-corrected chi connectivity index (χ2v) is 12.4. The third-order valence-corrected chi connectivity index (χ3v) is 9.44. The van der Waals surface area contributed by atoms with E-state index < -0.39 is 39.1 Å². The first-order valence-electron chi connectivity index (χ1n) is 11.1. The summed E-state index contributed by atoms with van der Waals surface area (Å²) in [6.07, 6.45) is 3.39. The lowest BCUT2D eigenvalue weighted by Gasteiger charge is -2.11. The lowest BCUT2D eigenvalue weighted by molar-refractivity contribution is -0.115. The van der Waals surface area contributed by atoms with Gasteiger partial charge in [-0.25, -0.2) is 13.2 Å². The number of aromatic nitrogens is 1. The minimum absolute atomic E-state index is 0.276. The Morgan fingerprint density at radius 3 is 2.58 bits per heavy atom. The lowest BCUT2D eigenvalue weighted by Crippen LogP contribution is -2.28. The number of anilines is 1. The molecular formula is C23H25N3O7S3. The molecule has 0 unspecified atom stereocenters. The number of nitrogens with one attached hydrogen (secondary N) is 1. The van der Waals surface area contributed by atoms with Crippen molar-refractivity contribution in [3.63, 3.8) is 0 Å². The van der Waals surface area contributed by atoms with Crippen LogP contribution in [0, 0.1) is 0 Å². The molecule has 1 aliphatic rings. The Hall–Kier alpha value is -3.03. The number of benzene rings is 1. The van der Waals surface area contributed by atoms with E-state index in [4.69, 9.17) is 9.47 Å². The minimum atomic E-state index is -4.11. The van der Waals surface area contributed by atoms with Gasteiger partial charge < -0.3 is 19.4 Å². The van der Waals surface area contributed by atoms with E-state index in [0.717, 1.165) is 39.9 Å². The highest BCUT2D eigenvalue weighted by Gasteiger charge is 2.28. The van der Waals surface area contributed by atoms with Crippen molar-refractivity contribution >= 4 is 65.5 Å². The largest absolute Gasteiger partial charge is 0.497 e. The number of carbonyl (C=O) groups is 3. The Bertz CT molecular complexity index is 1530. The number of amides is 2. The maximum absolute atomic E-state index is 12.6. The number of rotatable bonds is 7. The molecule has 0 bridgehead atoms. The van der Waals surface area contributed by atoms with Gasteiger partial charge in [0.1, 0.15) is 22.3 Å². The van der Waals surface area contributed by atoms with Crippen LogP contribution in [0.5, 0.6) is 5.75 Å². The number of hydrogen-bond acceptors (Lipinski definition) is 9. The second kappa shape index (κ2) is 10.5. The number of esters is 1. The topological polar surface area (TPSA) is 133 Å². The van der Waals surface area contributed by atoms with E-state index in [0.29, 0.717) is 17.0 Å². The second-order valence-electron chi connectivity index (χ2n) is 8.27. The van der Waals surface area contributed by atoms with Gasteiger partial charge in [0.25, 0.3) is 5.91 Å².